The number of carbonyl (C=O) groups is 1. The SMILES string of the molecule is O=C(CNc1nc2ccc(F)cc2s1)c1ccc2c(c1)OCCO2. The fourth-order valence-corrected chi connectivity index (χ4v) is 3.34. The Morgan fingerprint density at radius 3 is 2.88 bits per heavy atom. The number of rotatable bonds is 4. The normalized spacial score (nSPS) is 13.0. The highest BCUT2D eigenvalue weighted by molar-refractivity contribution is 7.22. The summed E-state index contributed by atoms with van der Waals surface area (Å²) in [5.41, 5.74) is 1.24. The van der Waals surface area contributed by atoms with E-state index >= 15 is 0 Å². The number of benzene rings is 2. The second-order valence-corrected chi connectivity index (χ2v) is 6.30. The maximum absolute atomic E-state index is 13.2. The molecule has 0 amide bonds. The van der Waals surface area contributed by atoms with Crippen LogP contribution in [0.5, 0.6) is 11.5 Å². The monoisotopic (exact) mass is 344 g/mol. The van der Waals surface area contributed by atoms with E-state index in [4.69, 9.17) is 9.47 Å². The number of nitrogens with one attached hydrogen (secondary N) is 1. The van der Waals surface area contributed by atoms with Crippen LogP contribution in [0.4, 0.5) is 9.52 Å². The molecular weight excluding hydrogens is 331 g/mol. The van der Waals surface area contributed by atoms with Crippen molar-refractivity contribution in [2.45, 2.75) is 0 Å². The minimum atomic E-state index is -0.301. The van der Waals surface area contributed by atoms with Gasteiger partial charge >= 0.3 is 0 Å². The van der Waals surface area contributed by atoms with Gasteiger partial charge in [0.05, 0.1) is 16.8 Å². The van der Waals surface area contributed by atoms with Crippen LogP contribution in [-0.4, -0.2) is 30.5 Å². The molecule has 2 heterocycles. The maximum Gasteiger partial charge on any atom is 0.184 e. The van der Waals surface area contributed by atoms with E-state index in [1.807, 2.05) is 0 Å². The lowest BCUT2D eigenvalue weighted by atomic mass is 10.1. The lowest BCUT2D eigenvalue weighted by Gasteiger charge is -2.18. The van der Waals surface area contributed by atoms with Crippen LogP contribution in [0.2, 0.25) is 0 Å². The van der Waals surface area contributed by atoms with Crippen molar-refractivity contribution in [2.75, 3.05) is 25.1 Å². The lowest BCUT2D eigenvalue weighted by molar-refractivity contribution is 0.100. The summed E-state index contributed by atoms with van der Waals surface area (Å²) in [4.78, 5) is 16.7. The third-order valence-corrected chi connectivity index (χ3v) is 4.59. The maximum atomic E-state index is 13.2. The molecule has 0 aliphatic carbocycles. The number of nitrogens with zero attached hydrogens (tertiary/aromatic N) is 1. The Kier molecular flexibility index (Phi) is 3.78. The number of ether oxygens (including phenoxy) is 2. The molecular formula is C17H13FN2O3S. The highest BCUT2D eigenvalue weighted by Gasteiger charge is 2.15. The summed E-state index contributed by atoms with van der Waals surface area (Å²) in [5, 5.41) is 3.58. The minimum Gasteiger partial charge on any atom is -0.486 e. The van der Waals surface area contributed by atoms with E-state index in [2.05, 4.69) is 10.3 Å². The summed E-state index contributed by atoms with van der Waals surface area (Å²) in [5.74, 6) is 0.851. The van der Waals surface area contributed by atoms with Gasteiger partial charge in [0.25, 0.3) is 0 Å². The molecule has 0 radical (unpaired) electrons. The molecule has 1 aromatic heterocycles. The van der Waals surface area contributed by atoms with E-state index in [0.717, 1.165) is 4.70 Å². The zero-order chi connectivity index (χ0) is 16.5. The predicted octanol–water partition coefficient (Wildman–Crippen LogP) is 3.50. The van der Waals surface area contributed by atoms with Crippen molar-refractivity contribution >= 4 is 32.5 Å². The second-order valence-electron chi connectivity index (χ2n) is 5.27. The highest BCUT2D eigenvalue weighted by Crippen LogP contribution is 2.31. The number of carbonyl (C=O) groups excluding carboxylic acids is 1. The smallest absolute Gasteiger partial charge is 0.184 e. The van der Waals surface area contributed by atoms with Crippen molar-refractivity contribution in [2.24, 2.45) is 0 Å². The molecule has 0 spiro atoms. The molecule has 0 atom stereocenters. The van der Waals surface area contributed by atoms with Crippen LogP contribution in [0.15, 0.2) is 36.4 Å². The minimum absolute atomic E-state index is 0.0857. The Morgan fingerprint density at radius 1 is 1.17 bits per heavy atom. The van der Waals surface area contributed by atoms with Gasteiger partial charge in [0.1, 0.15) is 19.0 Å². The summed E-state index contributed by atoms with van der Waals surface area (Å²) < 4.78 is 24.9. The van der Waals surface area contributed by atoms with Crippen LogP contribution in [0.25, 0.3) is 10.2 Å². The fraction of sp³-hybridized carbons (Fsp3) is 0.176. The number of thiazole rings is 1. The summed E-state index contributed by atoms with van der Waals surface area (Å²) in [6.45, 7) is 1.09. The number of halogens is 1. The first-order chi connectivity index (χ1) is 11.7. The Labute approximate surface area is 141 Å². The van der Waals surface area contributed by atoms with E-state index < -0.39 is 0 Å². The lowest BCUT2D eigenvalue weighted by Crippen LogP contribution is -2.17. The second kappa shape index (κ2) is 6.09. The largest absolute Gasteiger partial charge is 0.486 e. The van der Waals surface area contributed by atoms with Gasteiger partial charge in [-0.15, -0.1) is 0 Å². The molecule has 1 aliphatic rings. The first-order valence-corrected chi connectivity index (χ1v) is 8.23. The van der Waals surface area contributed by atoms with Gasteiger partial charge in [-0.05, 0) is 36.4 Å². The standard InChI is InChI=1S/C17H13FN2O3S/c18-11-2-3-12-16(8-11)24-17(20-12)19-9-13(21)10-1-4-14-15(7-10)23-6-5-22-14/h1-4,7-8H,5-6,9H2,(H,19,20). The zero-order valence-electron chi connectivity index (χ0n) is 12.5. The Hall–Kier alpha value is -2.67. The first-order valence-electron chi connectivity index (χ1n) is 7.42. The molecule has 2 aromatic carbocycles. The molecule has 4 rings (SSSR count). The van der Waals surface area contributed by atoms with Crippen molar-refractivity contribution in [3.63, 3.8) is 0 Å². The van der Waals surface area contributed by atoms with Crippen LogP contribution in [0.1, 0.15) is 10.4 Å². The molecule has 122 valence electrons. The molecule has 3 aromatic rings. The molecule has 7 heteroatoms. The van der Waals surface area contributed by atoms with E-state index in [9.17, 15) is 9.18 Å². The van der Waals surface area contributed by atoms with Crippen LogP contribution in [0, 0.1) is 5.82 Å². The van der Waals surface area contributed by atoms with Crippen LogP contribution in [-0.2, 0) is 0 Å². The average Bonchev–Trinajstić information content (AvgIpc) is 3.01. The zero-order valence-corrected chi connectivity index (χ0v) is 13.4. The highest BCUT2D eigenvalue weighted by atomic mass is 32.1. The first kappa shape index (κ1) is 14.9. The van der Waals surface area contributed by atoms with Crippen LogP contribution >= 0.6 is 11.3 Å². The van der Waals surface area contributed by atoms with E-state index in [0.29, 0.717) is 40.9 Å². The molecule has 0 saturated carbocycles. The van der Waals surface area contributed by atoms with Crippen molar-refractivity contribution in [1.82, 2.24) is 4.98 Å². The van der Waals surface area contributed by atoms with E-state index in [1.165, 1.54) is 23.5 Å². The molecule has 0 fully saturated rings. The van der Waals surface area contributed by atoms with Crippen molar-refractivity contribution in [1.29, 1.82) is 0 Å². The number of ketones is 1. The van der Waals surface area contributed by atoms with Gasteiger partial charge < -0.3 is 14.8 Å². The number of aromatic nitrogens is 1. The molecule has 0 unspecified atom stereocenters. The quantitative estimate of drug-likeness (QED) is 0.734. The summed E-state index contributed by atoms with van der Waals surface area (Å²) in [6.07, 6.45) is 0. The third-order valence-electron chi connectivity index (χ3n) is 3.61. The predicted molar refractivity (Wildman–Crippen MR) is 89.8 cm³/mol. The van der Waals surface area contributed by atoms with Gasteiger partial charge in [0, 0.05) is 5.56 Å². The summed E-state index contributed by atoms with van der Waals surface area (Å²) >= 11 is 1.31. The number of anilines is 1. The number of Topliss-reactive ketones (excluding diaryl/α,β-unsaturated/α-hetero) is 1. The van der Waals surface area contributed by atoms with Crippen molar-refractivity contribution < 1.29 is 18.7 Å². The van der Waals surface area contributed by atoms with Gasteiger partial charge in [0.15, 0.2) is 22.4 Å². The van der Waals surface area contributed by atoms with E-state index in [1.54, 1.807) is 24.3 Å². The van der Waals surface area contributed by atoms with Gasteiger partial charge in [-0.25, -0.2) is 9.37 Å². The number of hydrogen-bond donors (Lipinski definition) is 1. The summed E-state index contributed by atoms with van der Waals surface area (Å²) in [6, 6.07) is 9.56. The van der Waals surface area contributed by atoms with Gasteiger partial charge in [-0.1, -0.05) is 11.3 Å². The molecule has 0 saturated heterocycles. The van der Waals surface area contributed by atoms with Gasteiger partial charge in [0.2, 0.25) is 0 Å². The van der Waals surface area contributed by atoms with Crippen LogP contribution in [0.3, 0.4) is 0 Å². The fourth-order valence-electron chi connectivity index (χ4n) is 2.45. The van der Waals surface area contributed by atoms with Crippen LogP contribution < -0.4 is 14.8 Å². The average molecular weight is 344 g/mol. The molecule has 5 nitrogen and oxygen atoms in total. The molecule has 1 N–H and O–H groups in total. The molecule has 1 aliphatic heterocycles. The molecule has 0 bridgehead atoms. The topological polar surface area (TPSA) is 60.5 Å². The van der Waals surface area contributed by atoms with Crippen molar-refractivity contribution in [3.8, 4) is 11.5 Å². The number of hydrogen-bond acceptors (Lipinski definition) is 6. The van der Waals surface area contributed by atoms with Crippen molar-refractivity contribution in [3.05, 3.63) is 47.8 Å². The third kappa shape index (κ3) is 2.90. The Morgan fingerprint density at radius 2 is 2.00 bits per heavy atom. The van der Waals surface area contributed by atoms with E-state index in [-0.39, 0.29) is 18.1 Å². The molecule has 24 heavy (non-hydrogen) atoms. The summed E-state index contributed by atoms with van der Waals surface area (Å²) in [7, 11) is 0. The Bertz CT molecular complexity index is 925. The number of fused-ring (bicyclic) bond motifs is 2. The Balaban J connectivity index is 1.47. The van der Waals surface area contributed by atoms with Gasteiger partial charge in [-0.2, -0.15) is 0 Å². The van der Waals surface area contributed by atoms with Gasteiger partial charge in [-0.3, -0.25) is 4.79 Å².